The van der Waals surface area contributed by atoms with Crippen LogP contribution in [0.1, 0.15) is 17.2 Å². The third-order valence-corrected chi connectivity index (χ3v) is 5.09. The van der Waals surface area contributed by atoms with Crippen LogP contribution in [0, 0.1) is 0 Å². The van der Waals surface area contributed by atoms with Gasteiger partial charge in [-0.2, -0.15) is 0 Å². The molecule has 102 valence electrons. The predicted octanol–water partition coefficient (Wildman–Crippen LogP) is 5.45. The second-order valence-corrected chi connectivity index (χ2v) is 6.42. The van der Waals surface area contributed by atoms with Crippen molar-refractivity contribution in [3.63, 3.8) is 0 Å². The van der Waals surface area contributed by atoms with E-state index in [0.29, 0.717) is 16.5 Å². The van der Waals surface area contributed by atoms with Gasteiger partial charge in [0, 0.05) is 20.8 Å². The fourth-order valence-corrected chi connectivity index (χ4v) is 3.92. The number of thiophene rings is 1. The van der Waals surface area contributed by atoms with E-state index in [1.54, 1.807) is 11.3 Å². The van der Waals surface area contributed by atoms with Crippen LogP contribution in [-0.2, 0) is 6.42 Å². The molecule has 3 aromatic rings. The first-order valence-corrected chi connectivity index (χ1v) is 7.95. The summed E-state index contributed by atoms with van der Waals surface area (Å²) in [6.45, 7) is 0. The highest BCUT2D eigenvalue weighted by atomic mass is 35.5. The van der Waals surface area contributed by atoms with Crippen molar-refractivity contribution in [3.8, 4) is 0 Å². The third kappa shape index (κ3) is 2.57. The average molecular weight is 322 g/mol. The predicted molar refractivity (Wildman–Crippen MR) is 88.9 cm³/mol. The topological polar surface area (TPSA) is 26.0 Å². The van der Waals surface area contributed by atoms with E-state index in [0.717, 1.165) is 11.1 Å². The Balaban J connectivity index is 1.95. The molecule has 0 bridgehead atoms. The lowest BCUT2D eigenvalue weighted by Gasteiger charge is -2.13. The summed E-state index contributed by atoms with van der Waals surface area (Å²) in [6.07, 6.45) is 0.638. The van der Waals surface area contributed by atoms with Crippen molar-refractivity contribution >= 4 is 44.6 Å². The minimum atomic E-state index is -0.108. The Morgan fingerprint density at radius 1 is 1.00 bits per heavy atom. The van der Waals surface area contributed by atoms with Gasteiger partial charge in [0.05, 0.1) is 0 Å². The summed E-state index contributed by atoms with van der Waals surface area (Å²) < 4.78 is 1.25. The van der Waals surface area contributed by atoms with E-state index in [4.69, 9.17) is 28.9 Å². The summed E-state index contributed by atoms with van der Waals surface area (Å²) in [7, 11) is 0. The second-order valence-electron chi connectivity index (χ2n) is 4.70. The van der Waals surface area contributed by atoms with E-state index < -0.39 is 0 Å². The molecule has 1 nitrogen and oxygen atoms in total. The van der Waals surface area contributed by atoms with Crippen LogP contribution in [0.25, 0.3) is 10.1 Å². The summed E-state index contributed by atoms with van der Waals surface area (Å²) in [6, 6.07) is 13.7. The van der Waals surface area contributed by atoms with Crippen LogP contribution in [0.3, 0.4) is 0 Å². The lowest BCUT2D eigenvalue weighted by molar-refractivity contribution is 0.730. The molecule has 4 heteroatoms. The van der Waals surface area contributed by atoms with Crippen molar-refractivity contribution in [2.45, 2.75) is 12.5 Å². The quantitative estimate of drug-likeness (QED) is 0.681. The first-order chi connectivity index (χ1) is 9.66. The smallest absolute Gasteiger partial charge is 0.0453 e. The van der Waals surface area contributed by atoms with Gasteiger partial charge in [0.15, 0.2) is 0 Å². The zero-order valence-corrected chi connectivity index (χ0v) is 13.0. The normalized spacial score (nSPS) is 12.8. The highest BCUT2D eigenvalue weighted by molar-refractivity contribution is 7.17. The van der Waals surface area contributed by atoms with E-state index >= 15 is 0 Å². The van der Waals surface area contributed by atoms with Crippen molar-refractivity contribution in [2.75, 3.05) is 0 Å². The Kier molecular flexibility index (Phi) is 3.99. The fraction of sp³-hybridized carbons (Fsp3) is 0.125. The number of fused-ring (bicyclic) bond motifs is 1. The maximum Gasteiger partial charge on any atom is 0.0453 e. The van der Waals surface area contributed by atoms with Crippen LogP contribution in [-0.4, -0.2) is 0 Å². The zero-order valence-electron chi connectivity index (χ0n) is 10.6. The number of hydrogen-bond donors (Lipinski definition) is 1. The fourth-order valence-electron chi connectivity index (χ4n) is 2.34. The molecule has 1 unspecified atom stereocenters. The molecule has 0 fully saturated rings. The standard InChI is InChI=1S/C16H13Cl2NS/c17-13-5-3-6-14(18)11(13)8-15(19)12-9-20-16-7-2-1-4-10(12)16/h1-7,9,15H,8,19H2. The van der Waals surface area contributed by atoms with E-state index in [1.165, 1.54) is 10.1 Å². The van der Waals surface area contributed by atoms with Crippen molar-refractivity contribution in [3.05, 3.63) is 69.0 Å². The third-order valence-electron chi connectivity index (χ3n) is 3.40. The van der Waals surface area contributed by atoms with Gasteiger partial charge in [0.1, 0.15) is 0 Å². The van der Waals surface area contributed by atoms with Gasteiger partial charge < -0.3 is 5.73 Å². The molecule has 20 heavy (non-hydrogen) atoms. The summed E-state index contributed by atoms with van der Waals surface area (Å²) >= 11 is 14.1. The van der Waals surface area contributed by atoms with Crippen molar-refractivity contribution in [1.82, 2.24) is 0 Å². The number of halogens is 2. The summed E-state index contributed by atoms with van der Waals surface area (Å²) in [5.41, 5.74) is 8.43. The number of nitrogens with two attached hydrogens (primary N) is 1. The van der Waals surface area contributed by atoms with Gasteiger partial charge in [-0.3, -0.25) is 0 Å². The molecule has 2 aromatic carbocycles. The molecule has 1 aromatic heterocycles. The van der Waals surface area contributed by atoms with Crippen LogP contribution in [0.2, 0.25) is 10.0 Å². The van der Waals surface area contributed by atoms with E-state index in [2.05, 4.69) is 17.5 Å². The Hall–Kier alpha value is -1.06. The van der Waals surface area contributed by atoms with Crippen LogP contribution in [0.15, 0.2) is 47.8 Å². The van der Waals surface area contributed by atoms with Gasteiger partial charge >= 0.3 is 0 Å². The molecule has 1 atom stereocenters. The Morgan fingerprint density at radius 2 is 1.70 bits per heavy atom. The van der Waals surface area contributed by atoms with Gasteiger partial charge in [-0.1, -0.05) is 47.5 Å². The first-order valence-electron chi connectivity index (χ1n) is 6.31. The highest BCUT2D eigenvalue weighted by Gasteiger charge is 2.15. The van der Waals surface area contributed by atoms with Gasteiger partial charge in [0.25, 0.3) is 0 Å². The number of rotatable bonds is 3. The van der Waals surface area contributed by atoms with Gasteiger partial charge in [0.2, 0.25) is 0 Å². The van der Waals surface area contributed by atoms with Crippen molar-refractivity contribution in [1.29, 1.82) is 0 Å². The Labute approximate surface area is 131 Å². The lowest BCUT2D eigenvalue weighted by atomic mass is 9.99. The second kappa shape index (κ2) is 5.74. The summed E-state index contributed by atoms with van der Waals surface area (Å²) in [5.74, 6) is 0. The Bertz CT molecular complexity index is 731. The Morgan fingerprint density at radius 3 is 2.45 bits per heavy atom. The van der Waals surface area contributed by atoms with Crippen LogP contribution < -0.4 is 5.73 Å². The molecule has 0 aliphatic carbocycles. The molecule has 0 aliphatic heterocycles. The molecular formula is C16H13Cl2NS. The zero-order chi connectivity index (χ0) is 14.1. The SMILES string of the molecule is NC(Cc1c(Cl)cccc1Cl)c1csc2ccccc12. The van der Waals surface area contributed by atoms with Crippen LogP contribution >= 0.6 is 34.5 Å². The van der Waals surface area contributed by atoms with E-state index in [1.807, 2.05) is 30.3 Å². The molecular weight excluding hydrogens is 309 g/mol. The number of hydrogen-bond acceptors (Lipinski definition) is 2. The largest absolute Gasteiger partial charge is 0.324 e. The van der Waals surface area contributed by atoms with E-state index in [9.17, 15) is 0 Å². The minimum absolute atomic E-state index is 0.108. The van der Waals surface area contributed by atoms with Crippen LogP contribution in [0.4, 0.5) is 0 Å². The molecule has 0 amide bonds. The van der Waals surface area contributed by atoms with Gasteiger partial charge in [-0.25, -0.2) is 0 Å². The van der Waals surface area contributed by atoms with Crippen LogP contribution in [0.5, 0.6) is 0 Å². The van der Waals surface area contributed by atoms with Gasteiger partial charge in [-0.05, 0) is 46.5 Å². The summed E-state index contributed by atoms with van der Waals surface area (Å²) in [4.78, 5) is 0. The number of benzene rings is 2. The molecule has 0 saturated carbocycles. The molecule has 0 saturated heterocycles. The summed E-state index contributed by atoms with van der Waals surface area (Å²) in [5, 5.41) is 4.69. The molecule has 0 aliphatic rings. The highest BCUT2D eigenvalue weighted by Crippen LogP contribution is 2.33. The monoisotopic (exact) mass is 321 g/mol. The molecule has 2 N–H and O–H groups in total. The maximum absolute atomic E-state index is 6.36. The van der Waals surface area contributed by atoms with Crippen molar-refractivity contribution < 1.29 is 0 Å². The molecule has 3 rings (SSSR count). The maximum atomic E-state index is 6.36. The average Bonchev–Trinajstić information content (AvgIpc) is 2.87. The first kappa shape index (κ1) is 13.9. The molecule has 1 heterocycles. The van der Waals surface area contributed by atoms with Crippen molar-refractivity contribution in [2.24, 2.45) is 5.73 Å². The van der Waals surface area contributed by atoms with Gasteiger partial charge in [-0.15, -0.1) is 11.3 Å². The minimum Gasteiger partial charge on any atom is -0.324 e. The molecule has 0 spiro atoms. The molecule has 0 radical (unpaired) electrons. The van der Waals surface area contributed by atoms with E-state index in [-0.39, 0.29) is 6.04 Å². The lowest BCUT2D eigenvalue weighted by Crippen LogP contribution is -2.13.